The molecule has 1 atom stereocenters. The fourth-order valence-corrected chi connectivity index (χ4v) is 2.65. The first-order valence-electron chi connectivity index (χ1n) is 7.24. The standard InChI is InChI=1S/C16H24N2O/c1-12(2)15(13-6-4-3-5-7-13)18-16(19)14-8-10-17-11-9-14/h3-7,12,14-15,17H,8-11H2,1-2H3,(H,18,19). The smallest absolute Gasteiger partial charge is 0.223 e. The lowest BCUT2D eigenvalue weighted by molar-refractivity contribution is -0.126. The molecule has 1 aliphatic rings. The quantitative estimate of drug-likeness (QED) is 0.873. The Labute approximate surface area is 115 Å². The number of nitrogens with one attached hydrogen (secondary N) is 2. The first-order chi connectivity index (χ1) is 9.18. The topological polar surface area (TPSA) is 41.1 Å². The van der Waals surface area contributed by atoms with E-state index < -0.39 is 0 Å². The van der Waals surface area contributed by atoms with E-state index in [4.69, 9.17) is 0 Å². The van der Waals surface area contributed by atoms with E-state index in [1.807, 2.05) is 18.2 Å². The monoisotopic (exact) mass is 260 g/mol. The summed E-state index contributed by atoms with van der Waals surface area (Å²) in [6, 6.07) is 10.4. The predicted molar refractivity (Wildman–Crippen MR) is 77.8 cm³/mol. The van der Waals surface area contributed by atoms with E-state index in [1.165, 1.54) is 5.56 Å². The van der Waals surface area contributed by atoms with Crippen LogP contribution in [-0.4, -0.2) is 19.0 Å². The molecule has 1 fully saturated rings. The molecule has 0 aromatic heterocycles. The number of carbonyl (C=O) groups is 1. The molecule has 0 bridgehead atoms. The van der Waals surface area contributed by atoms with Crippen molar-refractivity contribution in [2.24, 2.45) is 11.8 Å². The van der Waals surface area contributed by atoms with Crippen LogP contribution in [0.15, 0.2) is 30.3 Å². The maximum Gasteiger partial charge on any atom is 0.223 e. The second-order valence-electron chi connectivity index (χ2n) is 5.67. The lowest BCUT2D eigenvalue weighted by Crippen LogP contribution is -2.40. The Balaban J connectivity index is 2.02. The Morgan fingerprint density at radius 2 is 1.84 bits per heavy atom. The summed E-state index contributed by atoms with van der Waals surface area (Å²) in [4.78, 5) is 12.3. The van der Waals surface area contributed by atoms with E-state index in [0.717, 1.165) is 25.9 Å². The van der Waals surface area contributed by atoms with Crippen molar-refractivity contribution >= 4 is 5.91 Å². The zero-order valence-electron chi connectivity index (χ0n) is 11.9. The van der Waals surface area contributed by atoms with Crippen molar-refractivity contribution < 1.29 is 4.79 Å². The molecule has 0 aliphatic carbocycles. The zero-order chi connectivity index (χ0) is 13.7. The minimum absolute atomic E-state index is 0.114. The summed E-state index contributed by atoms with van der Waals surface area (Å²) in [7, 11) is 0. The second kappa shape index (κ2) is 6.71. The molecule has 19 heavy (non-hydrogen) atoms. The molecule has 0 spiro atoms. The molecule has 2 N–H and O–H groups in total. The summed E-state index contributed by atoms with van der Waals surface area (Å²) in [5, 5.41) is 6.53. The number of benzene rings is 1. The van der Waals surface area contributed by atoms with Gasteiger partial charge in [-0.15, -0.1) is 0 Å². The Hall–Kier alpha value is -1.35. The number of hydrogen-bond acceptors (Lipinski definition) is 2. The van der Waals surface area contributed by atoms with Crippen molar-refractivity contribution in [3.05, 3.63) is 35.9 Å². The highest BCUT2D eigenvalue weighted by Crippen LogP contribution is 2.23. The van der Waals surface area contributed by atoms with Crippen molar-refractivity contribution in [2.75, 3.05) is 13.1 Å². The minimum atomic E-state index is 0.114. The number of amides is 1. The average molecular weight is 260 g/mol. The lowest BCUT2D eigenvalue weighted by atomic mass is 9.93. The highest BCUT2D eigenvalue weighted by atomic mass is 16.1. The van der Waals surface area contributed by atoms with Crippen LogP contribution in [0.25, 0.3) is 0 Å². The Morgan fingerprint density at radius 1 is 1.21 bits per heavy atom. The van der Waals surface area contributed by atoms with Gasteiger partial charge in [0.2, 0.25) is 5.91 Å². The van der Waals surface area contributed by atoms with Crippen LogP contribution in [0.4, 0.5) is 0 Å². The molecule has 1 heterocycles. The van der Waals surface area contributed by atoms with Crippen molar-refractivity contribution in [2.45, 2.75) is 32.7 Å². The van der Waals surface area contributed by atoms with Crippen LogP contribution in [0, 0.1) is 11.8 Å². The fraction of sp³-hybridized carbons (Fsp3) is 0.562. The van der Waals surface area contributed by atoms with E-state index in [2.05, 4.69) is 36.6 Å². The lowest BCUT2D eigenvalue weighted by Gasteiger charge is -2.27. The van der Waals surface area contributed by atoms with Crippen molar-refractivity contribution in [3.8, 4) is 0 Å². The van der Waals surface area contributed by atoms with Gasteiger partial charge in [0.15, 0.2) is 0 Å². The molecule has 1 aromatic carbocycles. The van der Waals surface area contributed by atoms with Crippen LogP contribution in [0.5, 0.6) is 0 Å². The molecular formula is C16H24N2O. The molecule has 1 aromatic rings. The van der Waals surface area contributed by atoms with Gasteiger partial charge in [0, 0.05) is 5.92 Å². The van der Waals surface area contributed by atoms with Gasteiger partial charge in [0.1, 0.15) is 0 Å². The first-order valence-corrected chi connectivity index (χ1v) is 7.24. The van der Waals surface area contributed by atoms with Gasteiger partial charge in [0.25, 0.3) is 0 Å². The van der Waals surface area contributed by atoms with E-state index in [-0.39, 0.29) is 17.9 Å². The predicted octanol–water partition coefficient (Wildman–Crippen LogP) is 2.50. The van der Waals surface area contributed by atoms with Gasteiger partial charge in [-0.2, -0.15) is 0 Å². The average Bonchev–Trinajstić information content (AvgIpc) is 2.46. The van der Waals surface area contributed by atoms with E-state index >= 15 is 0 Å². The van der Waals surface area contributed by atoms with Crippen LogP contribution < -0.4 is 10.6 Å². The maximum atomic E-state index is 12.3. The van der Waals surface area contributed by atoms with Gasteiger partial charge in [-0.05, 0) is 37.4 Å². The van der Waals surface area contributed by atoms with Gasteiger partial charge in [0.05, 0.1) is 6.04 Å². The largest absolute Gasteiger partial charge is 0.349 e. The van der Waals surface area contributed by atoms with E-state index in [9.17, 15) is 4.79 Å². The van der Waals surface area contributed by atoms with Gasteiger partial charge < -0.3 is 10.6 Å². The molecule has 1 unspecified atom stereocenters. The SMILES string of the molecule is CC(C)C(NC(=O)C1CCNCC1)c1ccccc1. The fourth-order valence-electron chi connectivity index (χ4n) is 2.65. The number of rotatable bonds is 4. The van der Waals surface area contributed by atoms with Crippen molar-refractivity contribution in [1.29, 1.82) is 0 Å². The molecule has 0 saturated carbocycles. The third-order valence-electron chi connectivity index (χ3n) is 3.83. The summed E-state index contributed by atoms with van der Waals surface area (Å²) < 4.78 is 0. The maximum absolute atomic E-state index is 12.3. The normalized spacial score (nSPS) is 18.3. The Morgan fingerprint density at radius 3 is 2.42 bits per heavy atom. The Kier molecular flexibility index (Phi) is 4.97. The summed E-state index contributed by atoms with van der Waals surface area (Å²) in [5.74, 6) is 0.781. The zero-order valence-corrected chi connectivity index (χ0v) is 11.9. The Bertz CT molecular complexity index is 396. The van der Waals surface area contributed by atoms with Crippen molar-refractivity contribution in [3.63, 3.8) is 0 Å². The molecule has 1 amide bonds. The molecule has 0 radical (unpaired) electrons. The molecule has 1 aliphatic heterocycles. The van der Waals surface area contributed by atoms with Crippen LogP contribution >= 0.6 is 0 Å². The van der Waals surface area contributed by atoms with Gasteiger partial charge in [-0.1, -0.05) is 44.2 Å². The number of hydrogen-bond donors (Lipinski definition) is 2. The van der Waals surface area contributed by atoms with Crippen LogP contribution in [0.1, 0.15) is 38.3 Å². The van der Waals surface area contributed by atoms with Crippen LogP contribution in [0.3, 0.4) is 0 Å². The molecule has 3 heteroatoms. The third kappa shape index (κ3) is 3.80. The van der Waals surface area contributed by atoms with Crippen molar-refractivity contribution in [1.82, 2.24) is 10.6 Å². The molecular weight excluding hydrogens is 236 g/mol. The third-order valence-corrected chi connectivity index (χ3v) is 3.83. The summed E-state index contributed by atoms with van der Waals surface area (Å²) in [5.41, 5.74) is 1.19. The number of piperidine rings is 1. The van der Waals surface area contributed by atoms with Gasteiger partial charge in [-0.3, -0.25) is 4.79 Å². The highest BCUT2D eigenvalue weighted by Gasteiger charge is 2.25. The number of carbonyl (C=O) groups excluding carboxylic acids is 1. The molecule has 1 saturated heterocycles. The van der Waals surface area contributed by atoms with Gasteiger partial charge >= 0.3 is 0 Å². The highest BCUT2D eigenvalue weighted by molar-refractivity contribution is 5.79. The van der Waals surface area contributed by atoms with Crippen LogP contribution in [-0.2, 0) is 4.79 Å². The van der Waals surface area contributed by atoms with E-state index in [1.54, 1.807) is 0 Å². The summed E-state index contributed by atoms with van der Waals surface area (Å²) >= 11 is 0. The first kappa shape index (κ1) is 14.1. The van der Waals surface area contributed by atoms with Gasteiger partial charge in [-0.25, -0.2) is 0 Å². The summed E-state index contributed by atoms with van der Waals surface area (Å²) in [6.07, 6.45) is 1.90. The second-order valence-corrected chi connectivity index (χ2v) is 5.67. The summed E-state index contributed by atoms with van der Waals surface area (Å²) in [6.45, 7) is 6.21. The molecule has 3 nitrogen and oxygen atoms in total. The van der Waals surface area contributed by atoms with E-state index in [0.29, 0.717) is 5.92 Å². The minimum Gasteiger partial charge on any atom is -0.349 e. The molecule has 104 valence electrons. The molecule has 2 rings (SSSR count). The van der Waals surface area contributed by atoms with Crippen LogP contribution in [0.2, 0.25) is 0 Å².